The number of nitrogens with zero attached hydrogens (tertiary/aromatic N) is 2. The summed E-state index contributed by atoms with van der Waals surface area (Å²) in [5.41, 5.74) is 2.46. The molecule has 1 heterocycles. The van der Waals surface area contributed by atoms with E-state index in [4.69, 9.17) is 4.74 Å². The summed E-state index contributed by atoms with van der Waals surface area (Å²) in [6, 6.07) is 19.0. The monoisotopic (exact) mass is 391 g/mol. The highest BCUT2D eigenvalue weighted by atomic mass is 16.5. The molecule has 0 unspecified atom stereocenters. The van der Waals surface area contributed by atoms with Gasteiger partial charge in [-0.25, -0.2) is 9.48 Å². The van der Waals surface area contributed by atoms with Gasteiger partial charge in [0.2, 0.25) is 0 Å². The molecule has 0 fully saturated rings. The molecular formula is C23H25N3O3. The maximum absolute atomic E-state index is 12.8. The Labute approximate surface area is 170 Å². The lowest BCUT2D eigenvalue weighted by Gasteiger charge is -2.14. The van der Waals surface area contributed by atoms with E-state index in [1.165, 1.54) is 0 Å². The maximum atomic E-state index is 12.8. The molecule has 2 aromatic carbocycles. The third-order valence-corrected chi connectivity index (χ3v) is 4.69. The van der Waals surface area contributed by atoms with Crippen molar-refractivity contribution in [3.05, 3.63) is 72.4 Å². The molecule has 0 saturated heterocycles. The molecule has 0 bridgehead atoms. The van der Waals surface area contributed by atoms with Gasteiger partial charge >= 0.3 is 5.97 Å². The summed E-state index contributed by atoms with van der Waals surface area (Å²) in [4.78, 5) is 24.8. The van der Waals surface area contributed by atoms with Crippen molar-refractivity contribution >= 4 is 11.9 Å². The van der Waals surface area contributed by atoms with E-state index in [-0.39, 0.29) is 18.6 Å². The summed E-state index contributed by atoms with van der Waals surface area (Å²) in [6.07, 6.45) is 3.30. The Kier molecular flexibility index (Phi) is 6.79. The van der Waals surface area contributed by atoms with Crippen LogP contribution in [-0.4, -0.2) is 34.3 Å². The second-order valence-electron chi connectivity index (χ2n) is 6.69. The number of esters is 1. The van der Waals surface area contributed by atoms with Crippen LogP contribution in [0.25, 0.3) is 16.9 Å². The zero-order chi connectivity index (χ0) is 20.6. The minimum atomic E-state index is -0.578. The van der Waals surface area contributed by atoms with Crippen LogP contribution in [0.3, 0.4) is 0 Å². The average Bonchev–Trinajstić information content (AvgIpc) is 3.22. The highest BCUT2D eigenvalue weighted by Gasteiger charge is 2.21. The lowest BCUT2D eigenvalue weighted by molar-refractivity contribution is -0.125. The maximum Gasteiger partial charge on any atom is 0.342 e. The number of hydrogen-bond acceptors (Lipinski definition) is 4. The van der Waals surface area contributed by atoms with Gasteiger partial charge in [-0.1, -0.05) is 62.4 Å². The van der Waals surface area contributed by atoms with Gasteiger partial charge in [-0.2, -0.15) is 5.10 Å². The fourth-order valence-electron chi connectivity index (χ4n) is 3.02. The van der Waals surface area contributed by atoms with Crippen LogP contribution in [0.2, 0.25) is 0 Å². The van der Waals surface area contributed by atoms with E-state index in [0.29, 0.717) is 11.3 Å². The normalized spacial score (nSPS) is 10.7. The quantitative estimate of drug-likeness (QED) is 0.589. The lowest BCUT2D eigenvalue weighted by Crippen LogP contribution is -2.36. The zero-order valence-corrected chi connectivity index (χ0v) is 16.7. The van der Waals surface area contributed by atoms with Crippen LogP contribution < -0.4 is 5.32 Å². The van der Waals surface area contributed by atoms with E-state index in [1.807, 2.05) is 74.5 Å². The first-order valence-corrected chi connectivity index (χ1v) is 9.79. The molecule has 0 saturated carbocycles. The first kappa shape index (κ1) is 20.3. The predicted octanol–water partition coefficient (Wildman–Crippen LogP) is 4.00. The largest absolute Gasteiger partial charge is 0.452 e. The van der Waals surface area contributed by atoms with Gasteiger partial charge in [0, 0.05) is 17.8 Å². The Bertz CT molecular complexity index is 948. The third-order valence-electron chi connectivity index (χ3n) is 4.69. The van der Waals surface area contributed by atoms with Gasteiger partial charge in [0.1, 0.15) is 11.3 Å². The predicted molar refractivity (Wildman–Crippen MR) is 112 cm³/mol. The standard InChI is InChI=1S/C23H25N3O3/c1-3-18(4-2)24-21(27)16-29-23(28)20-15-26(19-13-9-6-10-14-19)25-22(20)17-11-7-5-8-12-17/h5-15,18H,3-4,16H2,1-2H3,(H,24,27). The summed E-state index contributed by atoms with van der Waals surface area (Å²) in [5.74, 6) is -0.880. The Morgan fingerprint density at radius 2 is 1.62 bits per heavy atom. The van der Waals surface area contributed by atoms with Gasteiger partial charge in [0.25, 0.3) is 5.91 Å². The van der Waals surface area contributed by atoms with Gasteiger partial charge in [-0.05, 0) is 25.0 Å². The summed E-state index contributed by atoms with van der Waals surface area (Å²) in [7, 11) is 0. The van der Waals surface area contributed by atoms with Gasteiger partial charge in [0.05, 0.1) is 5.69 Å². The van der Waals surface area contributed by atoms with Gasteiger partial charge in [-0.3, -0.25) is 4.79 Å². The molecular weight excluding hydrogens is 366 g/mol. The molecule has 0 spiro atoms. The zero-order valence-electron chi connectivity index (χ0n) is 16.7. The average molecular weight is 391 g/mol. The molecule has 0 atom stereocenters. The van der Waals surface area contributed by atoms with Crippen molar-refractivity contribution in [1.29, 1.82) is 0 Å². The van der Waals surface area contributed by atoms with E-state index < -0.39 is 5.97 Å². The second kappa shape index (κ2) is 9.68. The number of benzene rings is 2. The van der Waals surface area contributed by atoms with Gasteiger partial charge < -0.3 is 10.1 Å². The Morgan fingerprint density at radius 3 is 2.24 bits per heavy atom. The summed E-state index contributed by atoms with van der Waals surface area (Å²) in [6.45, 7) is 3.69. The van der Waals surface area contributed by atoms with E-state index >= 15 is 0 Å². The molecule has 1 aromatic heterocycles. The fourth-order valence-corrected chi connectivity index (χ4v) is 3.02. The first-order valence-electron chi connectivity index (χ1n) is 9.79. The van der Waals surface area contributed by atoms with Crippen LogP contribution in [0.15, 0.2) is 66.9 Å². The van der Waals surface area contributed by atoms with Crippen LogP contribution in [0.4, 0.5) is 0 Å². The molecule has 1 N–H and O–H groups in total. The lowest BCUT2D eigenvalue weighted by atomic mass is 10.1. The fraction of sp³-hybridized carbons (Fsp3) is 0.261. The van der Waals surface area contributed by atoms with Crippen LogP contribution in [-0.2, 0) is 9.53 Å². The van der Waals surface area contributed by atoms with Gasteiger partial charge in [-0.15, -0.1) is 0 Å². The number of para-hydroxylation sites is 1. The number of carbonyl (C=O) groups is 2. The van der Waals surface area contributed by atoms with Crippen LogP contribution in [0.5, 0.6) is 0 Å². The molecule has 29 heavy (non-hydrogen) atoms. The Hall–Kier alpha value is -3.41. The van der Waals surface area contributed by atoms with Crippen molar-refractivity contribution in [2.75, 3.05) is 6.61 Å². The molecule has 0 aliphatic carbocycles. The van der Waals surface area contributed by atoms with Crippen molar-refractivity contribution in [2.45, 2.75) is 32.7 Å². The second-order valence-corrected chi connectivity index (χ2v) is 6.69. The number of aromatic nitrogens is 2. The van der Waals surface area contributed by atoms with Crippen molar-refractivity contribution < 1.29 is 14.3 Å². The minimum absolute atomic E-state index is 0.0851. The first-order chi connectivity index (χ1) is 14.1. The summed E-state index contributed by atoms with van der Waals surface area (Å²) >= 11 is 0. The van der Waals surface area contributed by atoms with Crippen molar-refractivity contribution in [3.8, 4) is 16.9 Å². The number of rotatable bonds is 8. The van der Waals surface area contributed by atoms with Crippen molar-refractivity contribution in [2.24, 2.45) is 0 Å². The van der Waals surface area contributed by atoms with E-state index in [2.05, 4.69) is 10.4 Å². The minimum Gasteiger partial charge on any atom is -0.452 e. The van der Waals surface area contributed by atoms with Crippen molar-refractivity contribution in [3.63, 3.8) is 0 Å². The smallest absolute Gasteiger partial charge is 0.342 e. The third kappa shape index (κ3) is 5.10. The molecule has 0 aliphatic rings. The molecule has 3 aromatic rings. The highest BCUT2D eigenvalue weighted by Crippen LogP contribution is 2.24. The molecule has 1 amide bonds. The molecule has 3 rings (SSSR count). The van der Waals surface area contributed by atoms with E-state index in [1.54, 1.807) is 10.9 Å². The van der Waals surface area contributed by atoms with Crippen LogP contribution in [0, 0.1) is 0 Å². The van der Waals surface area contributed by atoms with Gasteiger partial charge in [0.15, 0.2) is 6.61 Å². The van der Waals surface area contributed by atoms with Crippen LogP contribution in [0.1, 0.15) is 37.0 Å². The SMILES string of the molecule is CCC(CC)NC(=O)COC(=O)c1cn(-c2ccccc2)nc1-c1ccccc1. The van der Waals surface area contributed by atoms with E-state index in [9.17, 15) is 9.59 Å². The molecule has 0 radical (unpaired) electrons. The van der Waals surface area contributed by atoms with E-state index in [0.717, 1.165) is 24.1 Å². The number of amides is 1. The number of nitrogens with one attached hydrogen (secondary N) is 1. The summed E-state index contributed by atoms with van der Waals surface area (Å²) < 4.78 is 6.93. The summed E-state index contributed by atoms with van der Waals surface area (Å²) in [5, 5.41) is 7.45. The van der Waals surface area contributed by atoms with Crippen molar-refractivity contribution in [1.82, 2.24) is 15.1 Å². The Morgan fingerprint density at radius 1 is 1.00 bits per heavy atom. The topological polar surface area (TPSA) is 73.2 Å². The number of ether oxygens (including phenoxy) is 1. The molecule has 150 valence electrons. The molecule has 0 aliphatic heterocycles. The molecule has 6 heteroatoms. The molecule has 6 nitrogen and oxygen atoms in total. The number of carbonyl (C=O) groups excluding carboxylic acids is 2. The number of hydrogen-bond donors (Lipinski definition) is 1. The highest BCUT2D eigenvalue weighted by molar-refractivity contribution is 5.97. The van der Waals surface area contributed by atoms with Crippen LogP contribution >= 0.6 is 0 Å². The Balaban J connectivity index is 1.82.